The van der Waals surface area contributed by atoms with Gasteiger partial charge in [0.25, 0.3) is 0 Å². The molecule has 1 heterocycles. The Bertz CT molecular complexity index is 740. The first-order valence-corrected chi connectivity index (χ1v) is 10.4. The molecule has 4 nitrogen and oxygen atoms in total. The molecule has 0 amide bonds. The van der Waals surface area contributed by atoms with Crippen molar-refractivity contribution in [2.75, 3.05) is 26.2 Å². The maximum absolute atomic E-state index is 4.84. The van der Waals surface area contributed by atoms with E-state index in [0.29, 0.717) is 12.1 Å². The smallest absolute Gasteiger partial charge is 0.191 e. The number of rotatable bonds is 6. The normalized spacial score (nSPS) is 16.8. The van der Waals surface area contributed by atoms with Gasteiger partial charge < -0.3 is 15.5 Å². The lowest BCUT2D eigenvalue weighted by atomic mass is 10.0. The number of guanidine groups is 1. The highest BCUT2D eigenvalue weighted by atomic mass is 15.2. The van der Waals surface area contributed by atoms with Crippen molar-refractivity contribution in [3.8, 4) is 0 Å². The molecule has 0 atom stereocenters. The standard InChI is InChI=1S/C23H34N4/c1-4-24-23(26-21-13-16-27(17-14-21)18(2)3)25-15-12-20-10-7-9-19-8-5-6-11-22(19)20/h5-11,18,21H,4,12-17H2,1-3H3,(H2,24,25,26). The molecule has 0 unspecified atom stereocenters. The Morgan fingerprint density at radius 3 is 2.59 bits per heavy atom. The number of likely N-dealkylation sites (tertiary alicyclic amines) is 1. The predicted octanol–water partition coefficient (Wildman–Crippen LogP) is 3.81. The van der Waals surface area contributed by atoms with Crippen LogP contribution >= 0.6 is 0 Å². The van der Waals surface area contributed by atoms with E-state index in [1.807, 2.05) is 0 Å². The first-order chi connectivity index (χ1) is 13.2. The van der Waals surface area contributed by atoms with Crippen LogP contribution in [0, 0.1) is 0 Å². The van der Waals surface area contributed by atoms with E-state index in [0.717, 1.165) is 25.5 Å². The highest BCUT2D eigenvalue weighted by molar-refractivity contribution is 5.85. The molecule has 2 N–H and O–H groups in total. The average molecular weight is 367 g/mol. The summed E-state index contributed by atoms with van der Waals surface area (Å²) in [6.07, 6.45) is 3.33. The van der Waals surface area contributed by atoms with E-state index < -0.39 is 0 Å². The lowest BCUT2D eigenvalue weighted by Gasteiger charge is -2.35. The van der Waals surface area contributed by atoms with Gasteiger partial charge in [-0.05, 0) is 56.4 Å². The summed E-state index contributed by atoms with van der Waals surface area (Å²) in [7, 11) is 0. The third-order valence-corrected chi connectivity index (χ3v) is 5.48. The molecule has 0 spiro atoms. The predicted molar refractivity (Wildman–Crippen MR) is 116 cm³/mol. The van der Waals surface area contributed by atoms with Crippen LogP contribution < -0.4 is 10.6 Å². The molecular weight excluding hydrogens is 332 g/mol. The Kier molecular flexibility index (Phi) is 7.11. The maximum atomic E-state index is 4.84. The van der Waals surface area contributed by atoms with Crippen molar-refractivity contribution in [3.63, 3.8) is 0 Å². The van der Waals surface area contributed by atoms with Crippen LogP contribution in [0.3, 0.4) is 0 Å². The van der Waals surface area contributed by atoms with E-state index in [2.05, 4.69) is 78.8 Å². The van der Waals surface area contributed by atoms with Crippen molar-refractivity contribution >= 4 is 16.7 Å². The van der Waals surface area contributed by atoms with E-state index in [9.17, 15) is 0 Å². The van der Waals surface area contributed by atoms with Crippen LogP contribution in [0.15, 0.2) is 47.5 Å². The third-order valence-electron chi connectivity index (χ3n) is 5.48. The first-order valence-electron chi connectivity index (χ1n) is 10.4. The van der Waals surface area contributed by atoms with Crippen LogP contribution in [0.2, 0.25) is 0 Å². The number of piperidine rings is 1. The van der Waals surface area contributed by atoms with E-state index in [1.165, 1.54) is 42.3 Å². The van der Waals surface area contributed by atoms with Crippen LogP contribution in [-0.4, -0.2) is 49.1 Å². The Morgan fingerprint density at radius 1 is 1.11 bits per heavy atom. The Balaban J connectivity index is 1.57. The molecule has 1 aliphatic rings. The summed E-state index contributed by atoms with van der Waals surface area (Å²) in [5.41, 5.74) is 1.37. The Morgan fingerprint density at radius 2 is 1.85 bits per heavy atom. The third kappa shape index (κ3) is 5.46. The fourth-order valence-electron chi connectivity index (χ4n) is 3.87. The molecule has 3 rings (SSSR count). The summed E-state index contributed by atoms with van der Waals surface area (Å²) < 4.78 is 0. The van der Waals surface area contributed by atoms with Crippen molar-refractivity contribution in [1.29, 1.82) is 0 Å². The fourth-order valence-corrected chi connectivity index (χ4v) is 3.87. The first kappa shape index (κ1) is 19.7. The van der Waals surface area contributed by atoms with E-state index in [-0.39, 0.29) is 0 Å². The number of hydrogen-bond acceptors (Lipinski definition) is 2. The molecule has 0 aliphatic carbocycles. The minimum Gasteiger partial charge on any atom is -0.357 e. The van der Waals surface area contributed by atoms with Crippen LogP contribution in [0.25, 0.3) is 10.8 Å². The largest absolute Gasteiger partial charge is 0.357 e. The highest BCUT2D eigenvalue weighted by Gasteiger charge is 2.21. The van der Waals surface area contributed by atoms with Crippen molar-refractivity contribution in [2.24, 2.45) is 4.99 Å². The summed E-state index contributed by atoms with van der Waals surface area (Å²) in [6.45, 7) is 10.7. The summed E-state index contributed by atoms with van der Waals surface area (Å²) >= 11 is 0. The molecular formula is C23H34N4. The van der Waals surface area contributed by atoms with Gasteiger partial charge in [0.2, 0.25) is 0 Å². The van der Waals surface area contributed by atoms with E-state index >= 15 is 0 Å². The summed E-state index contributed by atoms with van der Waals surface area (Å²) in [5.74, 6) is 0.959. The topological polar surface area (TPSA) is 39.7 Å². The maximum Gasteiger partial charge on any atom is 0.191 e. The summed E-state index contributed by atoms with van der Waals surface area (Å²) in [5, 5.41) is 9.71. The van der Waals surface area contributed by atoms with Gasteiger partial charge in [0, 0.05) is 38.3 Å². The zero-order valence-electron chi connectivity index (χ0n) is 17.0. The van der Waals surface area contributed by atoms with E-state index in [1.54, 1.807) is 0 Å². The number of fused-ring (bicyclic) bond motifs is 1. The van der Waals surface area contributed by atoms with Crippen LogP contribution in [0.5, 0.6) is 0 Å². The molecule has 1 aliphatic heterocycles. The second-order valence-electron chi connectivity index (χ2n) is 7.70. The molecule has 1 fully saturated rings. The number of nitrogens with zero attached hydrogens (tertiary/aromatic N) is 2. The second kappa shape index (κ2) is 9.75. The quantitative estimate of drug-likeness (QED) is 0.603. The molecule has 4 heteroatoms. The van der Waals surface area contributed by atoms with E-state index in [4.69, 9.17) is 4.99 Å². The molecule has 0 saturated carbocycles. The molecule has 2 aromatic rings. The van der Waals surface area contributed by atoms with Gasteiger partial charge in [-0.1, -0.05) is 42.5 Å². The van der Waals surface area contributed by atoms with Crippen molar-refractivity contribution < 1.29 is 0 Å². The molecule has 0 radical (unpaired) electrons. The monoisotopic (exact) mass is 366 g/mol. The lowest BCUT2D eigenvalue weighted by Crippen LogP contribution is -2.49. The van der Waals surface area contributed by atoms with Crippen LogP contribution in [-0.2, 0) is 6.42 Å². The lowest BCUT2D eigenvalue weighted by molar-refractivity contribution is 0.167. The second-order valence-corrected chi connectivity index (χ2v) is 7.70. The molecule has 146 valence electrons. The van der Waals surface area contributed by atoms with Gasteiger partial charge in [-0.15, -0.1) is 0 Å². The minimum absolute atomic E-state index is 0.523. The number of aliphatic imine (C=N–C) groups is 1. The highest BCUT2D eigenvalue weighted by Crippen LogP contribution is 2.19. The minimum atomic E-state index is 0.523. The summed E-state index contributed by atoms with van der Waals surface area (Å²) in [6, 6.07) is 16.3. The zero-order chi connectivity index (χ0) is 19.1. The summed E-state index contributed by atoms with van der Waals surface area (Å²) in [4.78, 5) is 7.40. The number of benzene rings is 2. The Labute approximate surface area is 164 Å². The molecule has 27 heavy (non-hydrogen) atoms. The van der Waals surface area contributed by atoms with Gasteiger partial charge in [-0.2, -0.15) is 0 Å². The van der Waals surface area contributed by atoms with Crippen molar-refractivity contribution in [1.82, 2.24) is 15.5 Å². The molecule has 0 aromatic heterocycles. The van der Waals surface area contributed by atoms with Gasteiger partial charge in [0.05, 0.1) is 0 Å². The molecule has 0 bridgehead atoms. The SMILES string of the molecule is CCNC(=NCCc1cccc2ccccc12)NC1CCN(C(C)C)CC1. The van der Waals surface area contributed by atoms with Gasteiger partial charge in [-0.3, -0.25) is 4.99 Å². The van der Waals surface area contributed by atoms with Crippen LogP contribution in [0.1, 0.15) is 39.2 Å². The van der Waals surface area contributed by atoms with Crippen molar-refractivity contribution in [2.45, 2.75) is 52.1 Å². The average Bonchev–Trinajstić information content (AvgIpc) is 2.69. The van der Waals surface area contributed by atoms with Gasteiger partial charge in [-0.25, -0.2) is 0 Å². The Hall–Kier alpha value is -2.07. The van der Waals surface area contributed by atoms with Crippen LogP contribution in [0.4, 0.5) is 0 Å². The van der Waals surface area contributed by atoms with Gasteiger partial charge in [0.15, 0.2) is 5.96 Å². The molecule has 1 saturated heterocycles. The molecule has 2 aromatic carbocycles. The number of hydrogen-bond donors (Lipinski definition) is 2. The van der Waals surface area contributed by atoms with Gasteiger partial charge >= 0.3 is 0 Å². The number of nitrogens with one attached hydrogen (secondary N) is 2. The van der Waals surface area contributed by atoms with Gasteiger partial charge in [0.1, 0.15) is 0 Å². The fraction of sp³-hybridized carbons (Fsp3) is 0.522. The van der Waals surface area contributed by atoms with Crippen molar-refractivity contribution in [3.05, 3.63) is 48.0 Å². The zero-order valence-corrected chi connectivity index (χ0v) is 17.0.